The summed E-state index contributed by atoms with van der Waals surface area (Å²) in [6.07, 6.45) is 3.29. The number of piperidine rings is 1. The van der Waals surface area contributed by atoms with Crippen molar-refractivity contribution in [2.75, 3.05) is 6.54 Å². The van der Waals surface area contributed by atoms with Gasteiger partial charge in [0.25, 0.3) is 5.91 Å². The lowest BCUT2D eigenvalue weighted by Crippen LogP contribution is -2.61. The van der Waals surface area contributed by atoms with Gasteiger partial charge >= 0.3 is 6.03 Å². The Bertz CT molecular complexity index is 1190. The number of nitrogens with zero attached hydrogens (tertiary/aromatic N) is 1. The van der Waals surface area contributed by atoms with Crippen LogP contribution in [0.15, 0.2) is 30.3 Å². The molecule has 2 aliphatic carbocycles. The number of urea groups is 1. The van der Waals surface area contributed by atoms with E-state index in [0.29, 0.717) is 13.0 Å². The summed E-state index contributed by atoms with van der Waals surface area (Å²) in [5.41, 5.74) is 5.44. The van der Waals surface area contributed by atoms with E-state index >= 15 is 0 Å². The fraction of sp³-hybridized carbons (Fsp3) is 0.645. The number of nitrogens with two attached hydrogens (primary N) is 1. The molecule has 0 radical (unpaired) electrons. The Labute approximate surface area is 242 Å². The number of carbonyl (C=O) groups excluding carboxylic acids is 5. The molecule has 4 rings (SSSR count). The van der Waals surface area contributed by atoms with Gasteiger partial charge in [-0.25, -0.2) is 4.79 Å². The van der Waals surface area contributed by atoms with Crippen molar-refractivity contribution in [3.8, 4) is 0 Å². The summed E-state index contributed by atoms with van der Waals surface area (Å²) in [6, 6.07) is 6.04. The molecule has 1 aromatic carbocycles. The second kappa shape index (κ2) is 11.4. The summed E-state index contributed by atoms with van der Waals surface area (Å²) in [7, 11) is 0. The molecule has 5 N–H and O–H groups in total. The Morgan fingerprint density at radius 2 is 1.66 bits per heavy atom. The number of hydrogen-bond donors (Lipinski definition) is 4. The lowest BCUT2D eigenvalue weighted by molar-refractivity contribution is -0.145. The maximum absolute atomic E-state index is 14.1. The minimum Gasteiger partial charge on any atom is -0.363 e. The van der Waals surface area contributed by atoms with Crippen LogP contribution in [0.1, 0.15) is 78.8 Å². The molecule has 10 heteroatoms. The number of primary amides is 1. The summed E-state index contributed by atoms with van der Waals surface area (Å²) in [5, 5.41) is 8.58. The molecule has 1 heterocycles. The molecular formula is C31H45N5O5. The molecule has 1 saturated heterocycles. The van der Waals surface area contributed by atoms with Crippen LogP contribution in [0.3, 0.4) is 0 Å². The summed E-state index contributed by atoms with van der Waals surface area (Å²) in [6.45, 7) is 12.0. The third-order valence-electron chi connectivity index (χ3n) is 9.47. The first-order chi connectivity index (χ1) is 19.1. The number of ketones is 1. The maximum atomic E-state index is 14.1. The Hall–Kier alpha value is -3.43. The zero-order chi connectivity index (χ0) is 30.3. The summed E-state index contributed by atoms with van der Waals surface area (Å²) < 4.78 is 0. The molecule has 0 aromatic heterocycles. The van der Waals surface area contributed by atoms with Gasteiger partial charge in [-0.3, -0.25) is 19.2 Å². The average molecular weight is 568 g/mol. The monoisotopic (exact) mass is 567 g/mol. The maximum Gasteiger partial charge on any atom is 0.315 e. The van der Waals surface area contributed by atoms with Gasteiger partial charge in [0.05, 0.1) is 12.1 Å². The Morgan fingerprint density at radius 1 is 1.02 bits per heavy atom. The van der Waals surface area contributed by atoms with Crippen LogP contribution in [0.4, 0.5) is 4.79 Å². The molecule has 1 unspecified atom stereocenters. The van der Waals surface area contributed by atoms with Crippen molar-refractivity contribution in [2.24, 2.45) is 34.3 Å². The molecule has 6 atom stereocenters. The first-order valence-electron chi connectivity index (χ1n) is 14.7. The lowest BCUT2D eigenvalue weighted by Gasteiger charge is -2.38. The van der Waals surface area contributed by atoms with E-state index in [9.17, 15) is 24.0 Å². The molecule has 0 bridgehead atoms. The van der Waals surface area contributed by atoms with Crippen LogP contribution in [0.25, 0.3) is 0 Å². The topological polar surface area (TPSA) is 151 Å². The van der Waals surface area contributed by atoms with E-state index in [-0.39, 0.29) is 35.1 Å². The van der Waals surface area contributed by atoms with Crippen molar-refractivity contribution in [3.63, 3.8) is 0 Å². The molecule has 1 aromatic rings. The van der Waals surface area contributed by atoms with Crippen molar-refractivity contribution in [1.82, 2.24) is 20.9 Å². The van der Waals surface area contributed by atoms with E-state index in [4.69, 9.17) is 5.73 Å². The van der Waals surface area contributed by atoms with Crippen LogP contribution in [0, 0.1) is 28.6 Å². The third-order valence-corrected chi connectivity index (χ3v) is 9.47. The van der Waals surface area contributed by atoms with Crippen LogP contribution in [-0.2, 0) is 19.2 Å². The number of rotatable bonds is 10. The van der Waals surface area contributed by atoms with Gasteiger partial charge in [0.1, 0.15) is 12.1 Å². The second-order valence-corrected chi connectivity index (χ2v) is 13.8. The van der Waals surface area contributed by atoms with Gasteiger partial charge in [-0.2, -0.15) is 0 Å². The molecule has 3 aliphatic rings. The van der Waals surface area contributed by atoms with Crippen LogP contribution in [0.5, 0.6) is 0 Å². The smallest absolute Gasteiger partial charge is 0.315 e. The van der Waals surface area contributed by atoms with Crippen molar-refractivity contribution in [1.29, 1.82) is 0 Å². The highest BCUT2D eigenvalue weighted by Crippen LogP contribution is 2.65. The Kier molecular flexibility index (Phi) is 8.52. The van der Waals surface area contributed by atoms with Crippen molar-refractivity contribution in [2.45, 2.75) is 91.4 Å². The first kappa shape index (κ1) is 30.5. The minimum absolute atomic E-state index is 0.0907. The van der Waals surface area contributed by atoms with Crippen LogP contribution >= 0.6 is 0 Å². The Morgan fingerprint density at radius 3 is 2.20 bits per heavy atom. The van der Waals surface area contributed by atoms with E-state index in [1.54, 1.807) is 4.90 Å². The van der Waals surface area contributed by atoms with Gasteiger partial charge in [0.15, 0.2) is 0 Å². The number of benzene rings is 1. The average Bonchev–Trinajstić information content (AvgIpc) is 3.20. The van der Waals surface area contributed by atoms with Crippen LogP contribution in [-0.4, -0.2) is 59.1 Å². The molecular weight excluding hydrogens is 522 g/mol. The molecule has 224 valence electrons. The van der Waals surface area contributed by atoms with E-state index in [2.05, 4.69) is 29.8 Å². The number of likely N-dealkylation sites (tertiary alicyclic amines) is 1. The fourth-order valence-electron chi connectivity index (χ4n) is 6.54. The van der Waals surface area contributed by atoms with E-state index in [0.717, 1.165) is 24.8 Å². The van der Waals surface area contributed by atoms with Crippen molar-refractivity contribution in [3.05, 3.63) is 35.9 Å². The number of carbonyl (C=O) groups is 5. The molecule has 1 aliphatic heterocycles. The SMILES string of the molecule is C[C@H](NC(=O)N[C@H](C(=O)N1C[C@H]2[C@@H]([C@H]1C(=O)NC(CC1CCC1)C(=O)C(N)=O)C2(C)C)C(C)(C)C)c1ccccc1. The molecule has 0 spiro atoms. The lowest BCUT2D eigenvalue weighted by atomic mass is 9.80. The van der Waals surface area contributed by atoms with Gasteiger partial charge in [-0.1, -0.05) is 84.2 Å². The van der Waals surface area contributed by atoms with E-state index in [1.165, 1.54) is 0 Å². The standard InChI is InChI=1S/C31H45N5O5/c1-17(19-13-8-7-9-14-19)33-29(41)35-25(30(2,3)4)28(40)36-16-20-22(31(20,5)6)23(36)27(39)34-21(24(37)26(32)38)15-18-11-10-12-18/h7-9,13-14,17-18,20-23,25H,10-12,15-16H2,1-6H3,(H2,32,38)(H,34,39)(H2,33,35,41)/t17-,20-,21?,22-,23-,25+/m0/s1. The predicted octanol–water partition coefficient (Wildman–Crippen LogP) is 2.67. The quantitative estimate of drug-likeness (QED) is 0.321. The van der Waals surface area contributed by atoms with Gasteiger partial charge in [0.2, 0.25) is 17.6 Å². The van der Waals surface area contributed by atoms with E-state index in [1.807, 2.05) is 58.0 Å². The highest BCUT2D eigenvalue weighted by Gasteiger charge is 2.70. The van der Waals surface area contributed by atoms with Crippen molar-refractivity contribution >= 4 is 29.5 Å². The zero-order valence-corrected chi connectivity index (χ0v) is 25.0. The highest BCUT2D eigenvalue weighted by atomic mass is 16.2. The molecule has 5 amide bonds. The number of fused-ring (bicyclic) bond motifs is 1. The van der Waals surface area contributed by atoms with Gasteiger partial charge in [-0.15, -0.1) is 0 Å². The van der Waals surface area contributed by atoms with E-state index < -0.39 is 47.2 Å². The second-order valence-electron chi connectivity index (χ2n) is 13.8. The normalized spacial score (nSPS) is 25.1. The molecule has 2 saturated carbocycles. The molecule has 3 fully saturated rings. The number of Topliss-reactive ketones (excluding diaryl/α,β-unsaturated/α-hetero) is 1. The zero-order valence-electron chi connectivity index (χ0n) is 25.0. The predicted molar refractivity (Wildman–Crippen MR) is 154 cm³/mol. The highest BCUT2D eigenvalue weighted by molar-refractivity contribution is 6.37. The molecule has 41 heavy (non-hydrogen) atoms. The largest absolute Gasteiger partial charge is 0.363 e. The number of hydrogen-bond acceptors (Lipinski definition) is 5. The van der Waals surface area contributed by atoms with Crippen LogP contribution in [0.2, 0.25) is 0 Å². The number of nitrogens with one attached hydrogen (secondary N) is 3. The minimum atomic E-state index is -1.08. The molecule has 10 nitrogen and oxygen atoms in total. The Balaban J connectivity index is 1.51. The summed E-state index contributed by atoms with van der Waals surface area (Å²) in [4.78, 5) is 66.9. The van der Waals surface area contributed by atoms with Gasteiger partial charge < -0.3 is 26.6 Å². The van der Waals surface area contributed by atoms with Crippen LogP contribution < -0.4 is 21.7 Å². The van der Waals surface area contributed by atoms with Gasteiger partial charge in [0, 0.05) is 6.54 Å². The fourth-order valence-corrected chi connectivity index (χ4v) is 6.54. The number of amides is 5. The van der Waals surface area contributed by atoms with Crippen molar-refractivity contribution < 1.29 is 24.0 Å². The third kappa shape index (κ3) is 6.41. The van der Waals surface area contributed by atoms with Gasteiger partial charge in [-0.05, 0) is 47.5 Å². The summed E-state index contributed by atoms with van der Waals surface area (Å²) >= 11 is 0. The first-order valence-corrected chi connectivity index (χ1v) is 14.7. The summed E-state index contributed by atoms with van der Waals surface area (Å²) in [5.74, 6) is -2.41.